The molecule has 5 nitrogen and oxygen atoms in total. The molecule has 1 aromatic heterocycles. The highest BCUT2D eigenvalue weighted by Crippen LogP contribution is 2.42. The molecule has 2 heterocycles. The van der Waals surface area contributed by atoms with Crippen molar-refractivity contribution in [1.82, 2.24) is 15.6 Å². The summed E-state index contributed by atoms with van der Waals surface area (Å²) >= 11 is 1.58. The Morgan fingerprint density at radius 2 is 2.45 bits per heavy atom. The molecule has 3 rings (SSSR count). The second-order valence-corrected chi connectivity index (χ2v) is 6.42. The summed E-state index contributed by atoms with van der Waals surface area (Å²) in [7, 11) is 0. The lowest BCUT2D eigenvalue weighted by Crippen LogP contribution is -2.53. The van der Waals surface area contributed by atoms with Crippen molar-refractivity contribution in [2.24, 2.45) is 0 Å². The van der Waals surface area contributed by atoms with E-state index in [1.165, 1.54) is 6.42 Å². The van der Waals surface area contributed by atoms with Crippen LogP contribution in [0.1, 0.15) is 37.8 Å². The van der Waals surface area contributed by atoms with Gasteiger partial charge in [0.05, 0.1) is 16.8 Å². The summed E-state index contributed by atoms with van der Waals surface area (Å²) in [5.74, 6) is 0. The second kappa shape index (κ2) is 6.10. The zero-order chi connectivity index (χ0) is 13.8. The largest absolute Gasteiger partial charge is 0.375 e. The number of rotatable bonds is 4. The SMILES string of the molecule is O=C(NCCc1cscn1)NC1CCOC2(CCC2)C1. The highest BCUT2D eigenvalue weighted by molar-refractivity contribution is 7.07. The molecule has 0 radical (unpaired) electrons. The van der Waals surface area contributed by atoms with Crippen LogP contribution in [0.5, 0.6) is 0 Å². The van der Waals surface area contributed by atoms with E-state index in [1.807, 2.05) is 10.9 Å². The first-order valence-corrected chi connectivity index (χ1v) is 8.25. The first kappa shape index (κ1) is 13.8. The van der Waals surface area contributed by atoms with Crippen molar-refractivity contribution in [3.05, 3.63) is 16.6 Å². The fraction of sp³-hybridized carbons (Fsp3) is 0.714. The van der Waals surface area contributed by atoms with Gasteiger partial charge in [-0.2, -0.15) is 0 Å². The molecule has 1 spiro atoms. The number of aromatic nitrogens is 1. The van der Waals surface area contributed by atoms with Gasteiger partial charge in [-0.3, -0.25) is 0 Å². The van der Waals surface area contributed by atoms with Crippen LogP contribution in [0.25, 0.3) is 0 Å². The maximum Gasteiger partial charge on any atom is 0.315 e. The molecule has 1 atom stereocenters. The number of hydrogen-bond donors (Lipinski definition) is 2. The molecular weight excluding hydrogens is 274 g/mol. The van der Waals surface area contributed by atoms with E-state index in [2.05, 4.69) is 15.6 Å². The average molecular weight is 295 g/mol. The Bertz CT molecular complexity index is 445. The van der Waals surface area contributed by atoms with Gasteiger partial charge < -0.3 is 15.4 Å². The van der Waals surface area contributed by atoms with Gasteiger partial charge in [0.1, 0.15) is 0 Å². The average Bonchev–Trinajstić information content (AvgIpc) is 2.90. The van der Waals surface area contributed by atoms with Crippen LogP contribution in [0, 0.1) is 0 Å². The summed E-state index contributed by atoms with van der Waals surface area (Å²) in [5, 5.41) is 7.99. The van der Waals surface area contributed by atoms with E-state index < -0.39 is 0 Å². The van der Waals surface area contributed by atoms with Crippen LogP contribution >= 0.6 is 11.3 Å². The Hall–Kier alpha value is -1.14. The first-order valence-electron chi connectivity index (χ1n) is 7.31. The summed E-state index contributed by atoms with van der Waals surface area (Å²) in [4.78, 5) is 16.1. The van der Waals surface area contributed by atoms with E-state index in [0.717, 1.165) is 44.4 Å². The zero-order valence-corrected chi connectivity index (χ0v) is 12.4. The topological polar surface area (TPSA) is 63.2 Å². The summed E-state index contributed by atoms with van der Waals surface area (Å²) in [6.07, 6.45) is 6.22. The molecule has 1 saturated heterocycles. The molecule has 1 unspecified atom stereocenters. The third-order valence-corrected chi connectivity index (χ3v) is 4.88. The predicted molar refractivity (Wildman–Crippen MR) is 77.9 cm³/mol. The van der Waals surface area contributed by atoms with E-state index in [0.29, 0.717) is 6.54 Å². The van der Waals surface area contributed by atoms with Gasteiger partial charge >= 0.3 is 6.03 Å². The zero-order valence-electron chi connectivity index (χ0n) is 11.6. The maximum atomic E-state index is 11.9. The van der Waals surface area contributed by atoms with Crippen molar-refractivity contribution in [2.45, 2.75) is 50.2 Å². The maximum absolute atomic E-state index is 11.9. The minimum atomic E-state index is -0.0680. The summed E-state index contributed by atoms with van der Waals surface area (Å²) in [5.41, 5.74) is 2.93. The van der Waals surface area contributed by atoms with Crippen LogP contribution in [-0.2, 0) is 11.2 Å². The smallest absolute Gasteiger partial charge is 0.315 e. The van der Waals surface area contributed by atoms with Crippen molar-refractivity contribution in [3.8, 4) is 0 Å². The molecule has 2 amide bonds. The fourth-order valence-electron chi connectivity index (χ4n) is 2.97. The van der Waals surface area contributed by atoms with E-state index in [1.54, 1.807) is 11.3 Å². The summed E-state index contributed by atoms with van der Waals surface area (Å²) in [6.45, 7) is 1.40. The van der Waals surface area contributed by atoms with Gasteiger partial charge in [-0.05, 0) is 32.1 Å². The molecule has 110 valence electrons. The van der Waals surface area contributed by atoms with Gasteiger partial charge in [-0.1, -0.05) is 0 Å². The molecule has 0 aromatic carbocycles. The fourth-order valence-corrected chi connectivity index (χ4v) is 3.56. The number of ether oxygens (including phenoxy) is 1. The molecule has 0 bridgehead atoms. The van der Waals surface area contributed by atoms with Gasteiger partial charge in [-0.15, -0.1) is 11.3 Å². The minimum Gasteiger partial charge on any atom is -0.375 e. The summed E-state index contributed by atoms with van der Waals surface area (Å²) in [6, 6.07) is 0.185. The van der Waals surface area contributed by atoms with Gasteiger partial charge in [0.25, 0.3) is 0 Å². The number of nitrogens with one attached hydrogen (secondary N) is 2. The van der Waals surface area contributed by atoms with Gasteiger partial charge in [-0.25, -0.2) is 9.78 Å². The Balaban J connectivity index is 1.37. The number of nitrogens with zero attached hydrogens (tertiary/aromatic N) is 1. The quantitative estimate of drug-likeness (QED) is 0.894. The number of amides is 2. The lowest BCUT2D eigenvalue weighted by Gasteiger charge is -2.47. The number of carbonyl (C=O) groups excluding carboxylic acids is 1. The van der Waals surface area contributed by atoms with Crippen molar-refractivity contribution >= 4 is 17.4 Å². The van der Waals surface area contributed by atoms with Crippen molar-refractivity contribution in [2.75, 3.05) is 13.2 Å². The predicted octanol–water partition coefficient (Wildman–Crippen LogP) is 2.09. The molecule has 1 aliphatic heterocycles. The van der Waals surface area contributed by atoms with Crippen molar-refractivity contribution in [3.63, 3.8) is 0 Å². The first-order chi connectivity index (χ1) is 9.76. The molecule has 6 heteroatoms. The number of urea groups is 1. The highest BCUT2D eigenvalue weighted by atomic mass is 32.1. The molecule has 2 N–H and O–H groups in total. The van der Waals surface area contributed by atoms with Gasteiger partial charge in [0.2, 0.25) is 0 Å². The van der Waals surface area contributed by atoms with Crippen LogP contribution in [0.15, 0.2) is 10.9 Å². The van der Waals surface area contributed by atoms with Crippen LogP contribution in [-0.4, -0.2) is 35.8 Å². The molecule has 2 aliphatic rings. The van der Waals surface area contributed by atoms with E-state index in [9.17, 15) is 4.79 Å². The van der Waals surface area contributed by atoms with Crippen LogP contribution < -0.4 is 10.6 Å². The van der Waals surface area contributed by atoms with Crippen LogP contribution in [0.2, 0.25) is 0 Å². The number of carbonyl (C=O) groups is 1. The standard InChI is InChI=1S/C14H21N3O2S/c18-13(15-6-2-12-9-20-10-16-12)17-11-3-7-19-14(8-11)4-1-5-14/h9-11H,1-8H2,(H2,15,17,18). The van der Waals surface area contributed by atoms with E-state index in [4.69, 9.17) is 4.74 Å². The Morgan fingerprint density at radius 3 is 3.15 bits per heavy atom. The van der Waals surface area contributed by atoms with E-state index >= 15 is 0 Å². The Morgan fingerprint density at radius 1 is 1.55 bits per heavy atom. The van der Waals surface area contributed by atoms with Crippen molar-refractivity contribution in [1.29, 1.82) is 0 Å². The monoisotopic (exact) mass is 295 g/mol. The molecule has 20 heavy (non-hydrogen) atoms. The van der Waals surface area contributed by atoms with Crippen LogP contribution in [0.4, 0.5) is 4.79 Å². The second-order valence-electron chi connectivity index (χ2n) is 5.70. The third kappa shape index (κ3) is 3.30. The van der Waals surface area contributed by atoms with Crippen molar-refractivity contribution < 1.29 is 9.53 Å². The van der Waals surface area contributed by atoms with Crippen LogP contribution in [0.3, 0.4) is 0 Å². The van der Waals surface area contributed by atoms with Gasteiger partial charge in [0, 0.05) is 31.0 Å². The van der Waals surface area contributed by atoms with E-state index in [-0.39, 0.29) is 17.7 Å². The third-order valence-electron chi connectivity index (χ3n) is 4.24. The molecule has 2 fully saturated rings. The number of hydrogen-bond acceptors (Lipinski definition) is 4. The lowest BCUT2D eigenvalue weighted by atomic mass is 9.74. The normalized spacial score (nSPS) is 24.1. The summed E-state index contributed by atoms with van der Waals surface area (Å²) < 4.78 is 5.86. The lowest BCUT2D eigenvalue weighted by molar-refractivity contribution is -0.134. The Kier molecular flexibility index (Phi) is 4.21. The molecule has 1 aliphatic carbocycles. The minimum absolute atomic E-state index is 0.0680. The Labute approximate surface area is 123 Å². The molecule has 1 saturated carbocycles. The molecular formula is C14H21N3O2S. The molecule has 1 aromatic rings. The number of thiazole rings is 1. The van der Waals surface area contributed by atoms with Gasteiger partial charge in [0.15, 0.2) is 0 Å². The highest BCUT2D eigenvalue weighted by Gasteiger charge is 2.42.